The molecule has 0 aliphatic carbocycles. The summed E-state index contributed by atoms with van der Waals surface area (Å²) in [6, 6.07) is 4.49. The zero-order chi connectivity index (χ0) is 26.6. The van der Waals surface area contributed by atoms with E-state index in [9.17, 15) is 18.8 Å². The lowest BCUT2D eigenvalue weighted by Crippen LogP contribution is -2.47. The topological polar surface area (TPSA) is 91.0 Å². The molecule has 0 bridgehead atoms. The van der Waals surface area contributed by atoms with Crippen molar-refractivity contribution in [1.82, 2.24) is 10.2 Å². The smallest absolute Gasteiger partial charge is 0.309 e. The van der Waals surface area contributed by atoms with Crippen molar-refractivity contribution in [2.45, 2.75) is 77.4 Å². The predicted octanol–water partition coefficient (Wildman–Crippen LogP) is 3.70. The summed E-state index contributed by atoms with van der Waals surface area (Å²) in [7, 11) is 0. The van der Waals surface area contributed by atoms with Crippen LogP contribution in [0.2, 0.25) is 0 Å². The van der Waals surface area contributed by atoms with Crippen molar-refractivity contribution in [2.75, 3.05) is 42.9 Å². The number of halogens is 1. The van der Waals surface area contributed by atoms with E-state index < -0.39 is 11.6 Å². The number of amides is 2. The van der Waals surface area contributed by atoms with Crippen molar-refractivity contribution in [3.8, 4) is 0 Å². The van der Waals surface area contributed by atoms with E-state index in [0.717, 1.165) is 64.8 Å². The molecule has 0 spiro atoms. The van der Waals surface area contributed by atoms with Crippen LogP contribution in [-0.4, -0.2) is 67.1 Å². The number of hydrogen-bond donors (Lipinski definition) is 2. The molecule has 3 fully saturated rings. The second-order valence-electron chi connectivity index (χ2n) is 11.7. The Morgan fingerprint density at radius 3 is 2.41 bits per heavy atom. The van der Waals surface area contributed by atoms with Crippen LogP contribution in [0.3, 0.4) is 0 Å². The second-order valence-corrected chi connectivity index (χ2v) is 11.7. The highest BCUT2D eigenvalue weighted by molar-refractivity contribution is 6.01. The average Bonchev–Trinajstić information content (AvgIpc) is 2.84. The molecule has 0 aromatic heterocycles. The third-order valence-corrected chi connectivity index (χ3v) is 7.66. The Morgan fingerprint density at radius 2 is 1.78 bits per heavy atom. The lowest BCUT2D eigenvalue weighted by Gasteiger charge is -2.36. The van der Waals surface area contributed by atoms with Gasteiger partial charge in [0.05, 0.1) is 11.6 Å². The van der Waals surface area contributed by atoms with Gasteiger partial charge in [-0.15, -0.1) is 0 Å². The molecule has 3 aliphatic rings. The Morgan fingerprint density at radius 1 is 1.08 bits per heavy atom. The van der Waals surface area contributed by atoms with E-state index in [1.807, 2.05) is 20.8 Å². The maximum absolute atomic E-state index is 14.9. The molecule has 1 atom stereocenters. The number of esters is 1. The highest BCUT2D eigenvalue weighted by Crippen LogP contribution is 2.30. The van der Waals surface area contributed by atoms with Crippen LogP contribution in [0.1, 0.15) is 65.7 Å². The van der Waals surface area contributed by atoms with Gasteiger partial charge in [-0.2, -0.15) is 0 Å². The fourth-order valence-electron chi connectivity index (χ4n) is 5.49. The van der Waals surface area contributed by atoms with Gasteiger partial charge in [0.2, 0.25) is 11.8 Å². The quantitative estimate of drug-likeness (QED) is 0.422. The first-order valence-corrected chi connectivity index (χ1v) is 13.7. The van der Waals surface area contributed by atoms with Gasteiger partial charge in [-0.25, -0.2) is 4.39 Å². The normalized spacial score (nSPS) is 22.6. The number of hydrogen-bond acceptors (Lipinski definition) is 7. The average molecular weight is 517 g/mol. The highest BCUT2D eigenvalue weighted by Gasteiger charge is 2.30. The minimum atomic E-state index is -0.526. The van der Waals surface area contributed by atoms with E-state index in [2.05, 4.69) is 20.4 Å². The van der Waals surface area contributed by atoms with Crippen LogP contribution in [-0.2, 0) is 19.1 Å². The van der Waals surface area contributed by atoms with E-state index in [1.54, 1.807) is 12.1 Å². The summed E-state index contributed by atoms with van der Waals surface area (Å²) in [6.07, 6.45) is 5.60. The summed E-state index contributed by atoms with van der Waals surface area (Å²) in [4.78, 5) is 40.2. The molecular weight excluding hydrogens is 475 g/mol. The Labute approximate surface area is 219 Å². The fourth-order valence-corrected chi connectivity index (χ4v) is 5.49. The van der Waals surface area contributed by atoms with Crippen molar-refractivity contribution in [3.05, 3.63) is 24.0 Å². The number of benzene rings is 1. The lowest BCUT2D eigenvalue weighted by atomic mass is 9.91. The summed E-state index contributed by atoms with van der Waals surface area (Å²) in [5.74, 6) is -0.364. The minimum absolute atomic E-state index is 0.0132. The van der Waals surface area contributed by atoms with Crippen LogP contribution in [0.5, 0.6) is 0 Å². The molecule has 9 heteroatoms. The number of likely N-dealkylation sites (tertiary alicyclic amines) is 1. The first-order valence-electron chi connectivity index (χ1n) is 13.7. The predicted molar refractivity (Wildman–Crippen MR) is 141 cm³/mol. The summed E-state index contributed by atoms with van der Waals surface area (Å²) in [5.41, 5.74) is 0.707. The van der Waals surface area contributed by atoms with Gasteiger partial charge in [0.25, 0.3) is 0 Å². The monoisotopic (exact) mass is 516 g/mol. The van der Waals surface area contributed by atoms with Crippen LogP contribution >= 0.6 is 0 Å². The molecule has 1 aromatic carbocycles. The molecule has 3 heterocycles. The summed E-state index contributed by atoms with van der Waals surface area (Å²) in [5, 5.41) is 5.35. The van der Waals surface area contributed by atoms with Crippen LogP contribution in [0.15, 0.2) is 18.2 Å². The first kappa shape index (κ1) is 27.4. The number of nitrogens with zero attached hydrogens (tertiary/aromatic N) is 2. The molecular formula is C28H41FN4O4. The molecule has 2 amide bonds. The first-order chi connectivity index (χ1) is 17.6. The largest absolute Gasteiger partial charge is 0.460 e. The van der Waals surface area contributed by atoms with Crippen molar-refractivity contribution >= 4 is 29.2 Å². The second kappa shape index (κ2) is 11.8. The van der Waals surface area contributed by atoms with E-state index in [4.69, 9.17) is 4.74 Å². The molecule has 3 aliphatic heterocycles. The van der Waals surface area contributed by atoms with Crippen molar-refractivity contribution in [1.29, 1.82) is 0 Å². The number of rotatable bonds is 7. The maximum Gasteiger partial charge on any atom is 0.309 e. The SMILES string of the molecule is CC(C)(C)OC(=O)C1CCN(CCC2CCN(c3ccc(NC4CCC(=O)NC4=O)cc3F)CC2)CC1. The van der Waals surface area contributed by atoms with Crippen LogP contribution in [0.4, 0.5) is 15.8 Å². The molecule has 3 saturated heterocycles. The van der Waals surface area contributed by atoms with Crippen LogP contribution in [0, 0.1) is 17.7 Å². The Hall–Kier alpha value is -2.68. The summed E-state index contributed by atoms with van der Waals surface area (Å²) in [6.45, 7) is 10.3. The molecule has 1 unspecified atom stereocenters. The van der Waals surface area contributed by atoms with Gasteiger partial charge in [0.1, 0.15) is 17.5 Å². The number of carbonyl (C=O) groups is 3. The Bertz CT molecular complexity index is 979. The number of anilines is 2. The van der Waals surface area contributed by atoms with Gasteiger partial charge in [-0.1, -0.05) is 0 Å². The fraction of sp³-hybridized carbons (Fsp3) is 0.679. The number of piperidine rings is 3. The Kier molecular flexibility index (Phi) is 8.72. The van der Waals surface area contributed by atoms with Gasteiger partial charge < -0.3 is 19.9 Å². The van der Waals surface area contributed by atoms with E-state index in [-0.39, 0.29) is 35.9 Å². The maximum atomic E-state index is 14.9. The van der Waals surface area contributed by atoms with Crippen LogP contribution < -0.4 is 15.5 Å². The van der Waals surface area contributed by atoms with E-state index >= 15 is 0 Å². The van der Waals surface area contributed by atoms with E-state index in [1.165, 1.54) is 6.07 Å². The minimum Gasteiger partial charge on any atom is -0.460 e. The van der Waals surface area contributed by atoms with Gasteiger partial charge in [-0.05, 0) is 103 Å². The molecule has 4 rings (SSSR count). The molecule has 1 aromatic rings. The standard InChI is InChI=1S/C28H41FN4O4/c1-28(2,3)37-27(36)20-11-14-32(15-12-20)13-8-19-9-16-33(17-10-19)24-6-4-21(18-22(24)29)30-23-5-7-25(34)31-26(23)35/h4,6,18-20,23,30H,5,7-17H2,1-3H3,(H,31,34,35). The lowest BCUT2D eigenvalue weighted by molar-refractivity contribution is -0.161. The summed E-state index contributed by atoms with van der Waals surface area (Å²) >= 11 is 0. The number of carbonyl (C=O) groups excluding carboxylic acids is 3. The molecule has 37 heavy (non-hydrogen) atoms. The number of nitrogens with one attached hydrogen (secondary N) is 2. The van der Waals surface area contributed by atoms with Crippen molar-refractivity contribution in [2.24, 2.45) is 11.8 Å². The number of ether oxygens (including phenoxy) is 1. The van der Waals surface area contributed by atoms with Gasteiger partial charge in [0.15, 0.2) is 0 Å². The third kappa shape index (κ3) is 7.66. The molecule has 0 saturated carbocycles. The van der Waals surface area contributed by atoms with Crippen LogP contribution in [0.25, 0.3) is 0 Å². The van der Waals surface area contributed by atoms with Crippen molar-refractivity contribution in [3.63, 3.8) is 0 Å². The van der Waals surface area contributed by atoms with E-state index in [0.29, 0.717) is 23.7 Å². The number of imide groups is 1. The van der Waals surface area contributed by atoms with Gasteiger partial charge in [-0.3, -0.25) is 19.7 Å². The van der Waals surface area contributed by atoms with Crippen molar-refractivity contribution < 1.29 is 23.5 Å². The molecule has 0 radical (unpaired) electrons. The zero-order valence-corrected chi connectivity index (χ0v) is 22.4. The zero-order valence-electron chi connectivity index (χ0n) is 22.4. The molecule has 204 valence electrons. The molecule has 2 N–H and O–H groups in total. The molecule has 8 nitrogen and oxygen atoms in total. The summed E-state index contributed by atoms with van der Waals surface area (Å²) < 4.78 is 20.5. The Balaban J connectivity index is 1.18. The van der Waals surface area contributed by atoms with Gasteiger partial charge in [0, 0.05) is 25.2 Å². The highest BCUT2D eigenvalue weighted by atomic mass is 19.1. The van der Waals surface area contributed by atoms with Gasteiger partial charge >= 0.3 is 5.97 Å². The third-order valence-electron chi connectivity index (χ3n) is 7.66.